The Bertz CT molecular complexity index is 615. The molecule has 0 heterocycles. The maximum Gasteiger partial charge on any atom is 0.127 e. The van der Waals surface area contributed by atoms with Crippen LogP contribution in [0.5, 0.6) is 11.5 Å². The van der Waals surface area contributed by atoms with E-state index in [9.17, 15) is 0 Å². The summed E-state index contributed by atoms with van der Waals surface area (Å²) in [6.07, 6.45) is 0. The smallest absolute Gasteiger partial charge is 0.127 e. The lowest BCUT2D eigenvalue weighted by Crippen LogP contribution is -2.02. The summed E-state index contributed by atoms with van der Waals surface area (Å²) in [5, 5.41) is 12.0. The van der Waals surface area contributed by atoms with Crippen molar-refractivity contribution < 1.29 is 9.47 Å². The Balaban J connectivity index is 2.08. The van der Waals surface area contributed by atoms with Crippen molar-refractivity contribution in [2.24, 2.45) is 0 Å². The molecular weight excluding hydrogens is 252 g/mol. The van der Waals surface area contributed by atoms with E-state index in [0.29, 0.717) is 12.1 Å². The van der Waals surface area contributed by atoms with E-state index >= 15 is 0 Å². The molecule has 2 rings (SSSR count). The summed E-state index contributed by atoms with van der Waals surface area (Å²) in [4.78, 5) is 0. The molecule has 0 saturated carbocycles. The van der Waals surface area contributed by atoms with Crippen molar-refractivity contribution in [3.8, 4) is 17.6 Å². The van der Waals surface area contributed by atoms with E-state index in [1.807, 2.05) is 30.3 Å². The number of rotatable bonds is 5. The number of nitrogens with one attached hydrogen (secondary N) is 1. The first kappa shape index (κ1) is 13.8. The largest absolute Gasteiger partial charge is 0.497 e. The van der Waals surface area contributed by atoms with Gasteiger partial charge in [0.15, 0.2) is 0 Å². The first-order valence-corrected chi connectivity index (χ1v) is 6.21. The lowest BCUT2D eigenvalue weighted by Gasteiger charge is -2.12. The van der Waals surface area contributed by atoms with Gasteiger partial charge in [0.05, 0.1) is 25.9 Å². The van der Waals surface area contributed by atoms with Crippen LogP contribution in [0.25, 0.3) is 0 Å². The SMILES string of the molecule is COc1ccc(CNc2ccc(C#N)cc2)c(OC)c1. The lowest BCUT2D eigenvalue weighted by molar-refractivity contribution is 0.391. The van der Waals surface area contributed by atoms with E-state index in [2.05, 4.69) is 11.4 Å². The minimum Gasteiger partial charge on any atom is -0.497 e. The van der Waals surface area contributed by atoms with Gasteiger partial charge < -0.3 is 14.8 Å². The van der Waals surface area contributed by atoms with Crippen molar-refractivity contribution in [3.05, 3.63) is 53.6 Å². The highest BCUT2D eigenvalue weighted by Crippen LogP contribution is 2.25. The summed E-state index contributed by atoms with van der Waals surface area (Å²) >= 11 is 0. The highest BCUT2D eigenvalue weighted by molar-refractivity contribution is 5.49. The van der Waals surface area contributed by atoms with Crippen LogP contribution in [-0.2, 0) is 6.54 Å². The van der Waals surface area contributed by atoms with Gasteiger partial charge in [-0.05, 0) is 36.4 Å². The number of hydrogen-bond donors (Lipinski definition) is 1. The van der Waals surface area contributed by atoms with Crippen LogP contribution in [0.4, 0.5) is 5.69 Å². The van der Waals surface area contributed by atoms with Gasteiger partial charge in [-0.25, -0.2) is 0 Å². The van der Waals surface area contributed by atoms with E-state index in [1.165, 1.54) is 0 Å². The number of hydrogen-bond acceptors (Lipinski definition) is 4. The zero-order chi connectivity index (χ0) is 14.4. The molecule has 0 atom stereocenters. The van der Waals surface area contributed by atoms with E-state index in [1.54, 1.807) is 26.4 Å². The molecule has 0 spiro atoms. The molecule has 0 aliphatic carbocycles. The Morgan fingerprint density at radius 1 is 1.05 bits per heavy atom. The maximum atomic E-state index is 8.76. The fraction of sp³-hybridized carbons (Fsp3) is 0.188. The van der Waals surface area contributed by atoms with Gasteiger partial charge in [-0.3, -0.25) is 0 Å². The molecular formula is C16H16N2O2. The third-order valence-electron chi connectivity index (χ3n) is 2.99. The number of benzene rings is 2. The first-order chi connectivity index (χ1) is 9.76. The van der Waals surface area contributed by atoms with Gasteiger partial charge in [0.1, 0.15) is 11.5 Å². The Morgan fingerprint density at radius 3 is 2.40 bits per heavy atom. The van der Waals surface area contributed by atoms with Crippen LogP contribution >= 0.6 is 0 Å². The van der Waals surface area contributed by atoms with Crippen molar-refractivity contribution in [1.29, 1.82) is 5.26 Å². The van der Waals surface area contributed by atoms with Gasteiger partial charge >= 0.3 is 0 Å². The van der Waals surface area contributed by atoms with E-state index in [-0.39, 0.29) is 0 Å². The molecule has 0 aromatic heterocycles. The third kappa shape index (κ3) is 3.21. The zero-order valence-corrected chi connectivity index (χ0v) is 11.5. The summed E-state index contributed by atoms with van der Waals surface area (Å²) in [6.45, 7) is 0.638. The van der Waals surface area contributed by atoms with Crippen molar-refractivity contribution >= 4 is 5.69 Å². The van der Waals surface area contributed by atoms with Gasteiger partial charge in [0.25, 0.3) is 0 Å². The second kappa shape index (κ2) is 6.48. The Labute approximate surface area is 118 Å². The number of ether oxygens (including phenoxy) is 2. The predicted molar refractivity (Wildman–Crippen MR) is 78.0 cm³/mol. The number of nitrogens with zero attached hydrogens (tertiary/aromatic N) is 1. The second-order valence-corrected chi connectivity index (χ2v) is 4.22. The number of nitriles is 1. The minimum absolute atomic E-state index is 0.638. The molecule has 0 bridgehead atoms. The quantitative estimate of drug-likeness (QED) is 0.904. The predicted octanol–water partition coefficient (Wildman–Crippen LogP) is 3.19. The van der Waals surface area contributed by atoms with Crippen LogP contribution in [-0.4, -0.2) is 14.2 Å². The van der Waals surface area contributed by atoms with Crippen LogP contribution < -0.4 is 14.8 Å². The maximum absolute atomic E-state index is 8.76. The van der Waals surface area contributed by atoms with Crippen LogP contribution in [0.2, 0.25) is 0 Å². The van der Waals surface area contributed by atoms with Gasteiger partial charge in [0.2, 0.25) is 0 Å². The summed E-state index contributed by atoms with van der Waals surface area (Å²) in [6, 6.07) is 15.2. The molecule has 0 aliphatic heterocycles. The fourth-order valence-electron chi connectivity index (χ4n) is 1.86. The summed E-state index contributed by atoms with van der Waals surface area (Å²) in [5.74, 6) is 1.55. The molecule has 0 amide bonds. The van der Waals surface area contributed by atoms with Crippen LogP contribution in [0.3, 0.4) is 0 Å². The standard InChI is InChI=1S/C16H16N2O2/c1-19-15-8-5-13(16(9-15)20-2)11-18-14-6-3-12(10-17)4-7-14/h3-9,18H,11H2,1-2H3. The van der Waals surface area contributed by atoms with Crippen LogP contribution in [0.1, 0.15) is 11.1 Å². The van der Waals surface area contributed by atoms with Crippen molar-refractivity contribution in [1.82, 2.24) is 0 Å². The molecule has 0 fully saturated rings. The Morgan fingerprint density at radius 2 is 1.80 bits per heavy atom. The molecule has 102 valence electrons. The normalized spacial score (nSPS) is 9.65. The van der Waals surface area contributed by atoms with Crippen LogP contribution in [0.15, 0.2) is 42.5 Å². The molecule has 0 unspecified atom stereocenters. The average Bonchev–Trinajstić information content (AvgIpc) is 2.53. The summed E-state index contributed by atoms with van der Waals surface area (Å²) in [5.41, 5.74) is 2.65. The third-order valence-corrected chi connectivity index (χ3v) is 2.99. The highest BCUT2D eigenvalue weighted by Gasteiger charge is 2.04. The zero-order valence-electron chi connectivity index (χ0n) is 11.5. The van der Waals surface area contributed by atoms with Crippen molar-refractivity contribution in [2.75, 3.05) is 19.5 Å². The lowest BCUT2D eigenvalue weighted by atomic mass is 10.1. The summed E-state index contributed by atoms with van der Waals surface area (Å²) in [7, 11) is 3.27. The molecule has 2 aromatic carbocycles. The molecule has 1 N–H and O–H groups in total. The second-order valence-electron chi connectivity index (χ2n) is 4.22. The molecule has 4 heteroatoms. The first-order valence-electron chi connectivity index (χ1n) is 6.21. The molecule has 0 radical (unpaired) electrons. The van der Waals surface area contributed by atoms with Gasteiger partial charge in [0, 0.05) is 23.9 Å². The van der Waals surface area contributed by atoms with E-state index in [0.717, 1.165) is 22.7 Å². The average molecular weight is 268 g/mol. The number of anilines is 1. The van der Waals surface area contributed by atoms with Crippen LogP contribution in [0, 0.1) is 11.3 Å². The topological polar surface area (TPSA) is 54.3 Å². The molecule has 20 heavy (non-hydrogen) atoms. The summed E-state index contributed by atoms with van der Waals surface area (Å²) < 4.78 is 10.5. The molecule has 2 aromatic rings. The van der Waals surface area contributed by atoms with Gasteiger partial charge in [-0.15, -0.1) is 0 Å². The minimum atomic E-state index is 0.638. The fourth-order valence-corrected chi connectivity index (χ4v) is 1.86. The van der Waals surface area contributed by atoms with Gasteiger partial charge in [-0.1, -0.05) is 0 Å². The van der Waals surface area contributed by atoms with Crippen molar-refractivity contribution in [3.63, 3.8) is 0 Å². The Hall–Kier alpha value is -2.67. The molecule has 0 aliphatic rings. The van der Waals surface area contributed by atoms with E-state index in [4.69, 9.17) is 14.7 Å². The van der Waals surface area contributed by atoms with Gasteiger partial charge in [-0.2, -0.15) is 5.26 Å². The number of methoxy groups -OCH3 is 2. The van der Waals surface area contributed by atoms with E-state index < -0.39 is 0 Å². The van der Waals surface area contributed by atoms with Crippen molar-refractivity contribution in [2.45, 2.75) is 6.54 Å². The molecule has 0 saturated heterocycles. The Kier molecular flexibility index (Phi) is 4.46. The highest BCUT2D eigenvalue weighted by atomic mass is 16.5. The molecule has 4 nitrogen and oxygen atoms in total. The monoisotopic (exact) mass is 268 g/mol.